The molecular formula is C17H18N2O4S2. The topological polar surface area (TPSA) is 84.5 Å². The Balaban J connectivity index is 1.94. The summed E-state index contributed by atoms with van der Waals surface area (Å²) in [6.07, 6.45) is 1.74. The Hall–Kier alpha value is -2.45. The van der Waals surface area contributed by atoms with Crippen molar-refractivity contribution >= 4 is 52.1 Å². The lowest BCUT2D eigenvalue weighted by molar-refractivity contribution is -0.143. The molecule has 2 aromatic heterocycles. The maximum atomic E-state index is 12.4. The van der Waals surface area contributed by atoms with Gasteiger partial charge < -0.3 is 15.4 Å². The molecule has 6 nitrogen and oxygen atoms in total. The van der Waals surface area contributed by atoms with Crippen LogP contribution in [0.15, 0.2) is 35.0 Å². The molecule has 2 rings (SSSR count). The van der Waals surface area contributed by atoms with Crippen molar-refractivity contribution < 1.29 is 19.1 Å². The van der Waals surface area contributed by atoms with Gasteiger partial charge in [-0.2, -0.15) is 0 Å². The summed E-state index contributed by atoms with van der Waals surface area (Å²) < 4.78 is 5.09. The second-order valence-corrected chi connectivity index (χ2v) is 6.78. The van der Waals surface area contributed by atoms with E-state index in [2.05, 4.69) is 10.6 Å². The molecule has 0 fully saturated rings. The summed E-state index contributed by atoms with van der Waals surface area (Å²) in [5.74, 6) is -1.40. The van der Waals surface area contributed by atoms with Crippen molar-refractivity contribution in [3.05, 3.63) is 44.8 Å². The van der Waals surface area contributed by atoms with Crippen LogP contribution in [0.2, 0.25) is 0 Å². The number of thiophene rings is 2. The van der Waals surface area contributed by atoms with Crippen molar-refractivity contribution in [3.63, 3.8) is 0 Å². The van der Waals surface area contributed by atoms with Crippen LogP contribution in [-0.4, -0.2) is 37.5 Å². The quantitative estimate of drug-likeness (QED) is 0.544. The van der Waals surface area contributed by atoms with E-state index < -0.39 is 18.5 Å². The van der Waals surface area contributed by atoms with Gasteiger partial charge in [0.25, 0.3) is 5.91 Å². The zero-order chi connectivity index (χ0) is 18.1. The predicted octanol–water partition coefficient (Wildman–Crippen LogP) is 2.15. The minimum Gasteiger partial charge on any atom is -0.452 e. The van der Waals surface area contributed by atoms with Crippen molar-refractivity contribution in [1.82, 2.24) is 10.6 Å². The Morgan fingerprint density at radius 1 is 1.08 bits per heavy atom. The Labute approximate surface area is 153 Å². The van der Waals surface area contributed by atoms with Crippen molar-refractivity contribution in [2.24, 2.45) is 0 Å². The van der Waals surface area contributed by atoms with Gasteiger partial charge in [0.2, 0.25) is 5.91 Å². The van der Waals surface area contributed by atoms with Crippen LogP contribution in [0.3, 0.4) is 0 Å². The minimum absolute atomic E-state index is 0.146. The molecule has 0 aliphatic rings. The second-order valence-electron chi connectivity index (χ2n) is 4.86. The Bertz CT molecular complexity index is 737. The summed E-state index contributed by atoms with van der Waals surface area (Å²) >= 11 is 2.92. The summed E-state index contributed by atoms with van der Waals surface area (Å²) in [5, 5.41) is 8.74. The van der Waals surface area contributed by atoms with Crippen molar-refractivity contribution in [1.29, 1.82) is 0 Å². The number of hydrogen-bond donors (Lipinski definition) is 2. The summed E-state index contributed by atoms with van der Waals surface area (Å²) in [7, 11) is 0. The fourth-order valence-electron chi connectivity index (χ4n) is 1.88. The molecule has 0 saturated heterocycles. The van der Waals surface area contributed by atoms with Gasteiger partial charge in [-0.3, -0.25) is 9.59 Å². The molecule has 2 heterocycles. The molecule has 8 heteroatoms. The average molecular weight is 378 g/mol. The molecular weight excluding hydrogens is 360 g/mol. The summed E-state index contributed by atoms with van der Waals surface area (Å²) in [5.41, 5.74) is 0.397. The molecule has 132 valence electrons. The smallest absolute Gasteiger partial charge is 0.340 e. The first kappa shape index (κ1) is 18.9. The molecule has 0 aliphatic heterocycles. The van der Waals surface area contributed by atoms with E-state index in [1.54, 1.807) is 13.0 Å². The third-order valence-electron chi connectivity index (χ3n) is 2.99. The van der Waals surface area contributed by atoms with Gasteiger partial charge in [0, 0.05) is 16.3 Å². The standard InChI is InChI=1S/C17H18N2O4S2/c1-2-18-15(20)10-19-16(21)11-23-17(22)13(14-6-4-8-25-14)9-12-5-3-7-24-12/h3-9H,2,10-11H2,1H3,(H,18,20)(H,19,21)/b13-9+. The number of esters is 1. The van der Waals surface area contributed by atoms with Gasteiger partial charge in [-0.1, -0.05) is 12.1 Å². The normalized spacial score (nSPS) is 11.0. The van der Waals surface area contributed by atoms with E-state index in [-0.39, 0.29) is 12.5 Å². The van der Waals surface area contributed by atoms with Gasteiger partial charge in [-0.15, -0.1) is 22.7 Å². The Morgan fingerprint density at radius 3 is 2.48 bits per heavy atom. The number of carbonyl (C=O) groups is 3. The van der Waals surface area contributed by atoms with E-state index in [1.165, 1.54) is 22.7 Å². The van der Waals surface area contributed by atoms with Crippen LogP contribution in [0.1, 0.15) is 16.7 Å². The van der Waals surface area contributed by atoms with Crippen LogP contribution in [0.5, 0.6) is 0 Å². The zero-order valence-corrected chi connectivity index (χ0v) is 15.2. The van der Waals surface area contributed by atoms with Crippen molar-refractivity contribution in [2.45, 2.75) is 6.92 Å². The van der Waals surface area contributed by atoms with Gasteiger partial charge in [0.15, 0.2) is 6.61 Å². The molecule has 0 spiro atoms. The average Bonchev–Trinajstić information content (AvgIpc) is 3.29. The van der Waals surface area contributed by atoms with Crippen LogP contribution in [0, 0.1) is 0 Å². The van der Waals surface area contributed by atoms with Crippen LogP contribution in [-0.2, 0) is 19.1 Å². The van der Waals surface area contributed by atoms with Crippen molar-refractivity contribution in [3.8, 4) is 0 Å². The molecule has 2 amide bonds. The number of rotatable bonds is 8. The molecule has 0 aromatic carbocycles. The van der Waals surface area contributed by atoms with Crippen LogP contribution < -0.4 is 10.6 Å². The molecule has 2 aromatic rings. The summed E-state index contributed by atoms with van der Waals surface area (Å²) in [4.78, 5) is 37.0. The summed E-state index contributed by atoms with van der Waals surface area (Å²) in [6, 6.07) is 7.45. The van der Waals surface area contributed by atoms with Crippen LogP contribution in [0.25, 0.3) is 11.6 Å². The molecule has 0 unspecified atom stereocenters. The predicted molar refractivity (Wildman–Crippen MR) is 99.2 cm³/mol. The molecule has 0 aliphatic carbocycles. The lowest BCUT2D eigenvalue weighted by Gasteiger charge is -2.08. The Morgan fingerprint density at radius 2 is 1.84 bits per heavy atom. The first-order valence-corrected chi connectivity index (χ1v) is 9.35. The zero-order valence-electron chi connectivity index (χ0n) is 13.6. The van der Waals surface area contributed by atoms with Gasteiger partial charge in [0.05, 0.1) is 12.1 Å². The van der Waals surface area contributed by atoms with Gasteiger partial charge in [-0.05, 0) is 35.9 Å². The highest BCUT2D eigenvalue weighted by atomic mass is 32.1. The maximum Gasteiger partial charge on any atom is 0.340 e. The lowest BCUT2D eigenvalue weighted by Crippen LogP contribution is -2.38. The number of carbonyl (C=O) groups excluding carboxylic acids is 3. The van der Waals surface area contributed by atoms with Gasteiger partial charge in [0.1, 0.15) is 0 Å². The fourth-order valence-corrected chi connectivity index (χ4v) is 3.26. The first-order valence-electron chi connectivity index (χ1n) is 7.59. The second kappa shape index (κ2) is 9.75. The third-order valence-corrected chi connectivity index (χ3v) is 4.71. The highest BCUT2D eigenvalue weighted by molar-refractivity contribution is 7.12. The van der Waals surface area contributed by atoms with E-state index in [9.17, 15) is 14.4 Å². The lowest BCUT2D eigenvalue weighted by atomic mass is 10.2. The van der Waals surface area contributed by atoms with Gasteiger partial charge in [-0.25, -0.2) is 4.79 Å². The first-order chi connectivity index (χ1) is 12.1. The number of amides is 2. The number of hydrogen-bond acceptors (Lipinski definition) is 6. The minimum atomic E-state index is -0.580. The van der Waals surface area contributed by atoms with Crippen molar-refractivity contribution in [2.75, 3.05) is 19.7 Å². The number of likely N-dealkylation sites (N-methyl/N-ethyl adjacent to an activating group) is 1. The largest absolute Gasteiger partial charge is 0.452 e. The third kappa shape index (κ3) is 6.17. The van der Waals surface area contributed by atoms with Crippen LogP contribution in [0.4, 0.5) is 0 Å². The van der Waals surface area contributed by atoms with E-state index in [1.807, 2.05) is 35.0 Å². The monoisotopic (exact) mass is 378 g/mol. The molecule has 0 atom stereocenters. The molecule has 25 heavy (non-hydrogen) atoms. The molecule has 0 radical (unpaired) electrons. The van der Waals surface area contributed by atoms with E-state index >= 15 is 0 Å². The molecule has 0 saturated carbocycles. The SMILES string of the molecule is CCNC(=O)CNC(=O)COC(=O)/C(=C/c1cccs1)c1cccs1. The van der Waals surface area contributed by atoms with E-state index in [0.717, 1.165) is 9.75 Å². The maximum absolute atomic E-state index is 12.4. The number of nitrogens with one attached hydrogen (secondary N) is 2. The molecule has 0 bridgehead atoms. The number of ether oxygens (including phenoxy) is 1. The van der Waals surface area contributed by atoms with E-state index in [4.69, 9.17) is 4.74 Å². The highest BCUT2D eigenvalue weighted by Crippen LogP contribution is 2.25. The van der Waals surface area contributed by atoms with Gasteiger partial charge >= 0.3 is 5.97 Å². The molecule has 2 N–H and O–H groups in total. The summed E-state index contributed by atoms with van der Waals surface area (Å²) in [6.45, 7) is 1.69. The van der Waals surface area contributed by atoms with Crippen LogP contribution >= 0.6 is 22.7 Å². The fraction of sp³-hybridized carbons (Fsp3) is 0.235. The van der Waals surface area contributed by atoms with E-state index in [0.29, 0.717) is 12.1 Å². The Kier molecular flexibility index (Phi) is 7.36. The highest BCUT2D eigenvalue weighted by Gasteiger charge is 2.17.